The third-order valence-corrected chi connectivity index (χ3v) is 5.00. The predicted octanol–water partition coefficient (Wildman–Crippen LogP) is 3.94. The number of nitrogens with zero attached hydrogens (tertiary/aromatic N) is 1. The summed E-state index contributed by atoms with van der Waals surface area (Å²) in [6, 6.07) is 6.38. The van der Waals surface area contributed by atoms with Gasteiger partial charge in [0.2, 0.25) is 0 Å². The minimum Gasteiger partial charge on any atom is -0.313 e. The van der Waals surface area contributed by atoms with Crippen molar-refractivity contribution < 1.29 is 4.39 Å². The quantitative estimate of drug-likeness (QED) is 0.891. The molecule has 1 aliphatic rings. The van der Waals surface area contributed by atoms with Crippen molar-refractivity contribution in [3.63, 3.8) is 0 Å². The van der Waals surface area contributed by atoms with E-state index in [0.717, 1.165) is 31.6 Å². The molecule has 2 atom stereocenters. The molecule has 4 heteroatoms. The summed E-state index contributed by atoms with van der Waals surface area (Å²) >= 11 is 3.38. The summed E-state index contributed by atoms with van der Waals surface area (Å²) in [6.07, 6.45) is 3.55. The average Bonchev–Trinajstić information content (AvgIpc) is 2.58. The van der Waals surface area contributed by atoms with E-state index < -0.39 is 0 Å². The summed E-state index contributed by atoms with van der Waals surface area (Å²) in [5.74, 6) is -0.173. The van der Waals surface area contributed by atoms with Crippen LogP contribution >= 0.6 is 15.9 Å². The molecule has 20 heavy (non-hydrogen) atoms. The van der Waals surface area contributed by atoms with Gasteiger partial charge in [0, 0.05) is 25.2 Å². The molecule has 112 valence electrons. The van der Waals surface area contributed by atoms with E-state index in [1.807, 2.05) is 6.07 Å². The molecule has 1 fully saturated rings. The van der Waals surface area contributed by atoms with Crippen LogP contribution in [0.1, 0.15) is 38.7 Å². The summed E-state index contributed by atoms with van der Waals surface area (Å²) in [5.41, 5.74) is 1.04. The van der Waals surface area contributed by atoms with E-state index in [9.17, 15) is 4.39 Å². The third kappa shape index (κ3) is 4.03. The molecule has 1 aromatic rings. The highest BCUT2D eigenvalue weighted by molar-refractivity contribution is 9.10. The van der Waals surface area contributed by atoms with Crippen LogP contribution in [0, 0.1) is 5.82 Å². The Kier molecular flexibility index (Phi) is 6.00. The van der Waals surface area contributed by atoms with Gasteiger partial charge in [-0.05, 0) is 53.9 Å². The van der Waals surface area contributed by atoms with E-state index in [0.29, 0.717) is 16.6 Å². The molecule has 0 aromatic heterocycles. The van der Waals surface area contributed by atoms with Crippen molar-refractivity contribution in [2.75, 3.05) is 13.1 Å². The SMILES string of the molecule is CCCC1CN(Cc2cccc(F)c2Br)C(C)CCN1. The largest absolute Gasteiger partial charge is 0.313 e. The molecular weight excluding hydrogens is 319 g/mol. The Morgan fingerprint density at radius 3 is 3.00 bits per heavy atom. The molecule has 2 nitrogen and oxygen atoms in total. The standard InChI is InChI=1S/C16H24BrFN2/c1-3-5-14-11-20(12(2)8-9-19-14)10-13-6-4-7-15(18)16(13)17/h4,6-7,12,14,19H,3,5,8-11H2,1-2H3. The third-order valence-electron chi connectivity index (χ3n) is 4.12. The Morgan fingerprint density at radius 1 is 1.45 bits per heavy atom. The van der Waals surface area contributed by atoms with Gasteiger partial charge in [0.25, 0.3) is 0 Å². The van der Waals surface area contributed by atoms with E-state index in [-0.39, 0.29) is 5.82 Å². The molecule has 0 aliphatic carbocycles. The molecule has 1 aliphatic heterocycles. The lowest BCUT2D eigenvalue weighted by molar-refractivity contribution is 0.192. The van der Waals surface area contributed by atoms with Gasteiger partial charge in [-0.25, -0.2) is 4.39 Å². The van der Waals surface area contributed by atoms with Gasteiger partial charge in [0.1, 0.15) is 5.82 Å². The monoisotopic (exact) mass is 342 g/mol. The molecule has 0 spiro atoms. The summed E-state index contributed by atoms with van der Waals surface area (Å²) in [7, 11) is 0. The Balaban J connectivity index is 2.10. The molecule has 1 N–H and O–H groups in total. The maximum atomic E-state index is 13.6. The topological polar surface area (TPSA) is 15.3 Å². The molecule has 0 radical (unpaired) electrons. The summed E-state index contributed by atoms with van der Waals surface area (Å²) in [6.45, 7) is 7.42. The maximum absolute atomic E-state index is 13.6. The van der Waals surface area contributed by atoms with Gasteiger partial charge in [0.05, 0.1) is 4.47 Å². The van der Waals surface area contributed by atoms with Crippen LogP contribution in [0.25, 0.3) is 0 Å². The first-order chi connectivity index (χ1) is 9.61. The van der Waals surface area contributed by atoms with Crippen LogP contribution in [-0.4, -0.2) is 30.1 Å². The van der Waals surface area contributed by atoms with Crippen LogP contribution in [-0.2, 0) is 6.54 Å². The summed E-state index contributed by atoms with van der Waals surface area (Å²) in [4.78, 5) is 2.47. The van der Waals surface area contributed by atoms with Gasteiger partial charge in [0.15, 0.2) is 0 Å². The van der Waals surface area contributed by atoms with Crippen molar-refractivity contribution in [2.45, 2.75) is 51.7 Å². The number of halogens is 2. The lowest BCUT2D eigenvalue weighted by atomic mass is 10.1. The minimum atomic E-state index is -0.173. The van der Waals surface area contributed by atoms with Gasteiger partial charge in [-0.1, -0.05) is 25.5 Å². The van der Waals surface area contributed by atoms with Gasteiger partial charge in [-0.2, -0.15) is 0 Å². The second-order valence-corrected chi connectivity index (χ2v) is 6.51. The highest BCUT2D eigenvalue weighted by atomic mass is 79.9. The Hall–Kier alpha value is -0.450. The number of nitrogens with one attached hydrogen (secondary N) is 1. The van der Waals surface area contributed by atoms with Crippen LogP contribution in [0.15, 0.2) is 22.7 Å². The smallest absolute Gasteiger partial charge is 0.137 e. The highest BCUT2D eigenvalue weighted by Gasteiger charge is 2.23. The Labute approximate surface area is 129 Å². The average molecular weight is 343 g/mol. The summed E-state index contributed by atoms with van der Waals surface area (Å²) < 4.78 is 14.2. The number of rotatable bonds is 4. The molecule has 1 saturated heterocycles. The maximum Gasteiger partial charge on any atom is 0.137 e. The molecule has 0 amide bonds. The fraction of sp³-hybridized carbons (Fsp3) is 0.625. The van der Waals surface area contributed by atoms with Crippen molar-refractivity contribution in [3.05, 3.63) is 34.1 Å². The van der Waals surface area contributed by atoms with Crippen molar-refractivity contribution >= 4 is 15.9 Å². The van der Waals surface area contributed by atoms with Crippen molar-refractivity contribution in [2.24, 2.45) is 0 Å². The van der Waals surface area contributed by atoms with E-state index in [4.69, 9.17) is 0 Å². The van der Waals surface area contributed by atoms with Crippen LogP contribution in [0.2, 0.25) is 0 Å². The van der Waals surface area contributed by atoms with Crippen molar-refractivity contribution in [1.82, 2.24) is 10.2 Å². The molecule has 0 saturated carbocycles. The van der Waals surface area contributed by atoms with Crippen molar-refractivity contribution in [1.29, 1.82) is 0 Å². The zero-order valence-corrected chi connectivity index (χ0v) is 13.9. The first kappa shape index (κ1) is 15.9. The lowest BCUT2D eigenvalue weighted by Crippen LogP contribution is -2.39. The number of hydrogen-bond acceptors (Lipinski definition) is 2. The zero-order chi connectivity index (χ0) is 14.5. The van der Waals surface area contributed by atoms with E-state index >= 15 is 0 Å². The molecule has 2 unspecified atom stereocenters. The van der Waals surface area contributed by atoms with Gasteiger partial charge < -0.3 is 5.32 Å². The highest BCUT2D eigenvalue weighted by Crippen LogP contribution is 2.24. The van der Waals surface area contributed by atoms with Gasteiger partial charge in [-0.15, -0.1) is 0 Å². The van der Waals surface area contributed by atoms with Gasteiger partial charge >= 0.3 is 0 Å². The molecule has 1 heterocycles. The second-order valence-electron chi connectivity index (χ2n) is 5.72. The van der Waals surface area contributed by atoms with Crippen LogP contribution in [0.4, 0.5) is 4.39 Å². The van der Waals surface area contributed by atoms with E-state index in [2.05, 4.69) is 40.0 Å². The molecule has 0 bridgehead atoms. The minimum absolute atomic E-state index is 0.173. The zero-order valence-electron chi connectivity index (χ0n) is 12.3. The molecular formula is C16H24BrFN2. The fourth-order valence-corrected chi connectivity index (χ4v) is 3.25. The van der Waals surface area contributed by atoms with Crippen molar-refractivity contribution in [3.8, 4) is 0 Å². The number of benzene rings is 1. The summed E-state index contributed by atoms with van der Waals surface area (Å²) in [5, 5.41) is 3.63. The predicted molar refractivity (Wildman–Crippen MR) is 85.3 cm³/mol. The van der Waals surface area contributed by atoms with E-state index in [1.54, 1.807) is 6.07 Å². The lowest BCUT2D eigenvalue weighted by Gasteiger charge is -2.29. The first-order valence-electron chi connectivity index (χ1n) is 7.52. The fourth-order valence-electron chi connectivity index (χ4n) is 2.86. The first-order valence-corrected chi connectivity index (χ1v) is 8.31. The van der Waals surface area contributed by atoms with E-state index in [1.165, 1.54) is 18.9 Å². The number of hydrogen-bond donors (Lipinski definition) is 1. The van der Waals surface area contributed by atoms with Crippen LogP contribution < -0.4 is 5.32 Å². The normalized spacial score (nSPS) is 24.6. The van der Waals surface area contributed by atoms with Crippen LogP contribution in [0.3, 0.4) is 0 Å². The van der Waals surface area contributed by atoms with Crippen LogP contribution in [0.5, 0.6) is 0 Å². The van der Waals surface area contributed by atoms with Gasteiger partial charge in [-0.3, -0.25) is 4.90 Å². The second kappa shape index (κ2) is 7.53. The Morgan fingerprint density at radius 2 is 2.25 bits per heavy atom. The molecule has 2 rings (SSSR count). The molecule has 1 aromatic carbocycles. The Bertz CT molecular complexity index is 438.